The van der Waals surface area contributed by atoms with Crippen molar-refractivity contribution in [3.63, 3.8) is 0 Å². The molecule has 0 aliphatic heterocycles. The molecule has 0 unspecified atom stereocenters. The molecule has 2 heteroatoms. The van der Waals surface area contributed by atoms with Gasteiger partial charge in [-0.05, 0) is 23.6 Å². The third-order valence-corrected chi connectivity index (χ3v) is 3.34. The SMILES string of the molecule is C/C(Cl)=C(\Cl)c1ccc(-c2ccccc2)cc1. The van der Waals surface area contributed by atoms with Crippen molar-refractivity contribution in [3.8, 4) is 11.1 Å². The lowest BCUT2D eigenvalue weighted by molar-refractivity contribution is 1.58. The van der Waals surface area contributed by atoms with E-state index in [1.807, 2.05) is 42.5 Å². The smallest absolute Gasteiger partial charge is 0.0620 e. The zero-order chi connectivity index (χ0) is 12.3. The van der Waals surface area contributed by atoms with Crippen LogP contribution in [-0.4, -0.2) is 0 Å². The van der Waals surface area contributed by atoms with Gasteiger partial charge in [0.2, 0.25) is 0 Å². The van der Waals surface area contributed by atoms with Crippen molar-refractivity contribution in [2.45, 2.75) is 6.92 Å². The summed E-state index contributed by atoms with van der Waals surface area (Å²) in [6, 6.07) is 18.3. The molecule has 2 aromatic rings. The highest BCUT2D eigenvalue weighted by atomic mass is 35.5. The van der Waals surface area contributed by atoms with E-state index in [-0.39, 0.29) is 0 Å². The number of halogens is 2. The van der Waals surface area contributed by atoms with Crippen LogP contribution in [0.5, 0.6) is 0 Å². The monoisotopic (exact) mass is 262 g/mol. The average Bonchev–Trinajstić information content (AvgIpc) is 2.39. The van der Waals surface area contributed by atoms with Gasteiger partial charge < -0.3 is 0 Å². The standard InChI is InChI=1S/C15H12Cl2/c1-11(16)15(17)14-9-7-13(8-10-14)12-5-3-2-4-6-12/h2-10H,1H3/b15-11+. The van der Waals surface area contributed by atoms with Crippen LogP contribution in [0.2, 0.25) is 0 Å². The Bertz CT molecular complexity index is 521. The Hall–Kier alpha value is -1.24. The van der Waals surface area contributed by atoms with E-state index in [2.05, 4.69) is 12.1 Å². The molecule has 0 N–H and O–H groups in total. The predicted molar refractivity (Wildman–Crippen MR) is 76.2 cm³/mol. The third kappa shape index (κ3) is 2.91. The van der Waals surface area contributed by atoms with Crippen molar-refractivity contribution in [2.75, 3.05) is 0 Å². The van der Waals surface area contributed by atoms with Crippen molar-refractivity contribution < 1.29 is 0 Å². The Morgan fingerprint density at radius 2 is 1.29 bits per heavy atom. The maximum atomic E-state index is 6.09. The van der Waals surface area contributed by atoms with Crippen LogP contribution in [0, 0.1) is 0 Å². The van der Waals surface area contributed by atoms with E-state index in [1.54, 1.807) is 6.92 Å². The molecule has 2 rings (SSSR count). The molecule has 0 bridgehead atoms. The Morgan fingerprint density at radius 1 is 0.765 bits per heavy atom. The molecule has 0 spiro atoms. The largest absolute Gasteiger partial charge is 0.0878 e. The molecule has 0 fully saturated rings. The lowest BCUT2D eigenvalue weighted by Crippen LogP contribution is -1.81. The van der Waals surface area contributed by atoms with Gasteiger partial charge in [0, 0.05) is 5.03 Å². The highest BCUT2D eigenvalue weighted by Crippen LogP contribution is 2.27. The second-order valence-electron chi connectivity index (χ2n) is 3.79. The summed E-state index contributed by atoms with van der Waals surface area (Å²) in [6.07, 6.45) is 0. The van der Waals surface area contributed by atoms with Crippen molar-refractivity contribution in [1.29, 1.82) is 0 Å². The van der Waals surface area contributed by atoms with Crippen molar-refractivity contribution >= 4 is 28.2 Å². The van der Waals surface area contributed by atoms with Gasteiger partial charge in [-0.1, -0.05) is 77.8 Å². The molecule has 0 nitrogen and oxygen atoms in total. The maximum Gasteiger partial charge on any atom is 0.0620 e. The summed E-state index contributed by atoms with van der Waals surface area (Å²) in [5.41, 5.74) is 3.31. The van der Waals surface area contributed by atoms with Gasteiger partial charge >= 0.3 is 0 Å². The van der Waals surface area contributed by atoms with Gasteiger partial charge in [0.15, 0.2) is 0 Å². The van der Waals surface area contributed by atoms with Gasteiger partial charge in [-0.15, -0.1) is 0 Å². The highest BCUT2D eigenvalue weighted by Gasteiger charge is 2.02. The van der Waals surface area contributed by atoms with Crippen LogP contribution < -0.4 is 0 Å². The first kappa shape index (κ1) is 12.2. The van der Waals surface area contributed by atoms with Crippen molar-refractivity contribution in [3.05, 3.63) is 65.2 Å². The van der Waals surface area contributed by atoms with E-state index in [1.165, 1.54) is 11.1 Å². The zero-order valence-electron chi connectivity index (χ0n) is 9.45. The number of rotatable bonds is 2. The van der Waals surface area contributed by atoms with Gasteiger partial charge in [0.25, 0.3) is 0 Å². The van der Waals surface area contributed by atoms with E-state index < -0.39 is 0 Å². The van der Waals surface area contributed by atoms with Crippen LogP contribution in [0.3, 0.4) is 0 Å². The van der Waals surface area contributed by atoms with Gasteiger partial charge in [0.05, 0.1) is 5.03 Å². The topological polar surface area (TPSA) is 0 Å². The maximum absolute atomic E-state index is 6.09. The van der Waals surface area contributed by atoms with Gasteiger partial charge in [-0.25, -0.2) is 0 Å². The molecule has 0 amide bonds. The van der Waals surface area contributed by atoms with Gasteiger partial charge in [-0.2, -0.15) is 0 Å². The van der Waals surface area contributed by atoms with E-state index in [4.69, 9.17) is 23.2 Å². The van der Waals surface area contributed by atoms with Gasteiger partial charge in [0.1, 0.15) is 0 Å². The summed E-state index contributed by atoms with van der Waals surface area (Å²) >= 11 is 12.0. The molecular formula is C15H12Cl2. The average molecular weight is 263 g/mol. The summed E-state index contributed by atoms with van der Waals surface area (Å²) < 4.78 is 0. The minimum atomic E-state index is 0.603. The summed E-state index contributed by atoms with van der Waals surface area (Å²) in [7, 11) is 0. The molecule has 0 aromatic heterocycles. The van der Waals surface area contributed by atoms with Crippen LogP contribution in [0.1, 0.15) is 12.5 Å². The number of allylic oxidation sites excluding steroid dienone is 1. The Kier molecular flexibility index (Phi) is 3.88. The first-order valence-corrected chi connectivity index (χ1v) is 6.12. The van der Waals surface area contributed by atoms with E-state index >= 15 is 0 Å². The van der Waals surface area contributed by atoms with E-state index in [0.29, 0.717) is 10.1 Å². The summed E-state index contributed by atoms with van der Waals surface area (Å²) in [5, 5.41) is 1.21. The van der Waals surface area contributed by atoms with Gasteiger partial charge in [-0.3, -0.25) is 0 Å². The zero-order valence-corrected chi connectivity index (χ0v) is 11.0. The minimum absolute atomic E-state index is 0.603. The first-order valence-electron chi connectivity index (χ1n) is 5.36. The van der Waals surface area contributed by atoms with Crippen molar-refractivity contribution in [1.82, 2.24) is 0 Å². The molecule has 86 valence electrons. The molecule has 17 heavy (non-hydrogen) atoms. The molecule has 2 aromatic carbocycles. The number of hydrogen-bond donors (Lipinski definition) is 0. The van der Waals surface area contributed by atoms with E-state index in [9.17, 15) is 0 Å². The molecular weight excluding hydrogens is 251 g/mol. The number of benzene rings is 2. The van der Waals surface area contributed by atoms with Crippen LogP contribution in [-0.2, 0) is 0 Å². The first-order chi connectivity index (χ1) is 8.18. The lowest BCUT2D eigenvalue weighted by atomic mass is 10.0. The fourth-order valence-corrected chi connectivity index (χ4v) is 1.87. The van der Waals surface area contributed by atoms with E-state index in [0.717, 1.165) is 5.56 Å². The van der Waals surface area contributed by atoms with Crippen LogP contribution >= 0.6 is 23.2 Å². The fraction of sp³-hybridized carbons (Fsp3) is 0.0667. The summed E-state index contributed by atoms with van der Waals surface area (Å²) in [5.74, 6) is 0. The van der Waals surface area contributed by atoms with Crippen LogP contribution in [0.25, 0.3) is 16.2 Å². The fourth-order valence-electron chi connectivity index (χ4n) is 1.64. The summed E-state index contributed by atoms with van der Waals surface area (Å²) in [4.78, 5) is 0. The molecule has 0 aliphatic carbocycles. The minimum Gasteiger partial charge on any atom is -0.0878 e. The molecule has 0 saturated heterocycles. The third-order valence-electron chi connectivity index (χ3n) is 2.55. The highest BCUT2D eigenvalue weighted by molar-refractivity contribution is 6.54. The Balaban J connectivity index is 2.35. The second kappa shape index (κ2) is 5.39. The lowest BCUT2D eigenvalue weighted by Gasteiger charge is -2.04. The Morgan fingerprint density at radius 3 is 1.82 bits per heavy atom. The number of hydrogen-bond acceptors (Lipinski definition) is 0. The molecule has 0 atom stereocenters. The van der Waals surface area contributed by atoms with Crippen LogP contribution in [0.4, 0.5) is 0 Å². The molecule has 0 radical (unpaired) electrons. The molecule has 0 heterocycles. The van der Waals surface area contributed by atoms with Crippen LogP contribution in [0.15, 0.2) is 59.6 Å². The second-order valence-corrected chi connectivity index (χ2v) is 4.74. The van der Waals surface area contributed by atoms with Crippen molar-refractivity contribution in [2.24, 2.45) is 0 Å². The normalized spacial score (nSPS) is 12.2. The predicted octanol–water partition coefficient (Wildman–Crippen LogP) is 5.52. The molecule has 0 aliphatic rings. The molecule has 0 saturated carbocycles. The summed E-state index contributed by atoms with van der Waals surface area (Å²) in [6.45, 7) is 1.79. The Labute approximate surface area is 112 Å². The quantitative estimate of drug-likeness (QED) is 0.669.